The molecule has 3 N–H and O–H groups in total. The maximum absolute atomic E-state index is 5.64. The largest absolute Gasteiger partial charge is 0.372 e. The van der Waals surface area contributed by atoms with Gasteiger partial charge in [-0.15, -0.1) is 0 Å². The van der Waals surface area contributed by atoms with Crippen LogP contribution < -0.4 is 11.1 Å². The van der Waals surface area contributed by atoms with E-state index in [0.717, 1.165) is 0 Å². The smallest absolute Gasteiger partial charge is 0.0628 e. The lowest BCUT2D eigenvalue weighted by Gasteiger charge is -2.15. The van der Waals surface area contributed by atoms with Gasteiger partial charge in [0.2, 0.25) is 0 Å². The highest BCUT2D eigenvalue weighted by atomic mass is 15.0. The zero-order valence-corrected chi connectivity index (χ0v) is 9.10. The second-order valence-corrected chi connectivity index (χ2v) is 4.61. The van der Waals surface area contributed by atoms with Gasteiger partial charge in [0.1, 0.15) is 0 Å². The van der Waals surface area contributed by atoms with Crippen molar-refractivity contribution in [3.63, 3.8) is 0 Å². The minimum atomic E-state index is 0.558. The number of benzene rings is 1. The van der Waals surface area contributed by atoms with Gasteiger partial charge in [-0.2, -0.15) is 0 Å². The number of nitrogens with one attached hydrogen (secondary N) is 1. The van der Waals surface area contributed by atoms with Crippen LogP contribution in [0.15, 0.2) is 6.07 Å². The molecule has 2 aliphatic carbocycles. The SMILES string of the molecule is NCNc1c2c(cc3c1CCC3)CCC2. The molecular weight excluding hydrogens is 184 g/mol. The third-order valence-corrected chi connectivity index (χ3v) is 3.75. The molecule has 0 atom stereocenters. The molecule has 0 aromatic heterocycles. The highest BCUT2D eigenvalue weighted by Gasteiger charge is 2.23. The Labute approximate surface area is 90.9 Å². The zero-order valence-electron chi connectivity index (χ0n) is 9.10. The fourth-order valence-corrected chi connectivity index (χ4v) is 3.13. The van der Waals surface area contributed by atoms with Crippen LogP contribution in [0.25, 0.3) is 0 Å². The molecule has 1 aromatic rings. The average Bonchev–Trinajstić information content (AvgIpc) is 2.84. The maximum Gasteiger partial charge on any atom is 0.0628 e. The topological polar surface area (TPSA) is 38.0 Å². The zero-order chi connectivity index (χ0) is 10.3. The van der Waals surface area contributed by atoms with E-state index < -0.39 is 0 Å². The number of hydrogen-bond acceptors (Lipinski definition) is 2. The monoisotopic (exact) mass is 202 g/mol. The molecule has 2 nitrogen and oxygen atoms in total. The van der Waals surface area contributed by atoms with Crippen molar-refractivity contribution < 1.29 is 0 Å². The van der Waals surface area contributed by atoms with Gasteiger partial charge in [-0.05, 0) is 60.8 Å². The summed E-state index contributed by atoms with van der Waals surface area (Å²) in [7, 11) is 0. The molecular formula is C13H18N2. The lowest BCUT2D eigenvalue weighted by atomic mass is 9.99. The summed E-state index contributed by atoms with van der Waals surface area (Å²) in [5.74, 6) is 0. The van der Waals surface area contributed by atoms with Crippen molar-refractivity contribution in [3.05, 3.63) is 28.3 Å². The van der Waals surface area contributed by atoms with E-state index in [1.807, 2.05) is 0 Å². The molecule has 0 spiro atoms. The van der Waals surface area contributed by atoms with Crippen molar-refractivity contribution in [2.45, 2.75) is 38.5 Å². The Morgan fingerprint density at radius 3 is 2.13 bits per heavy atom. The summed E-state index contributed by atoms with van der Waals surface area (Å²) in [6, 6.07) is 2.45. The molecule has 15 heavy (non-hydrogen) atoms. The summed E-state index contributed by atoms with van der Waals surface area (Å²) in [6.07, 6.45) is 7.65. The molecule has 3 rings (SSSR count). The van der Waals surface area contributed by atoms with Gasteiger partial charge < -0.3 is 11.1 Å². The molecule has 0 amide bonds. The fourth-order valence-electron chi connectivity index (χ4n) is 3.13. The molecule has 0 fully saturated rings. The van der Waals surface area contributed by atoms with E-state index in [2.05, 4.69) is 11.4 Å². The molecule has 80 valence electrons. The first-order valence-electron chi connectivity index (χ1n) is 6.00. The molecule has 0 saturated carbocycles. The fraction of sp³-hybridized carbons (Fsp3) is 0.538. The Morgan fingerprint density at radius 2 is 1.60 bits per heavy atom. The van der Waals surface area contributed by atoms with Crippen LogP contribution in [0.4, 0.5) is 5.69 Å². The number of anilines is 1. The van der Waals surface area contributed by atoms with Gasteiger partial charge in [0.25, 0.3) is 0 Å². The summed E-state index contributed by atoms with van der Waals surface area (Å²) in [4.78, 5) is 0. The van der Waals surface area contributed by atoms with Crippen LogP contribution in [0.5, 0.6) is 0 Å². The summed E-state index contributed by atoms with van der Waals surface area (Å²) in [6.45, 7) is 0.558. The number of hydrogen-bond donors (Lipinski definition) is 2. The Bertz CT molecular complexity index is 364. The van der Waals surface area contributed by atoms with Gasteiger partial charge in [0, 0.05) is 5.69 Å². The standard InChI is InChI=1S/C13H18N2/c14-8-15-13-11-5-1-3-9(11)7-10-4-2-6-12(10)13/h7,15H,1-6,8,14H2. The Balaban J connectivity index is 2.16. The average molecular weight is 202 g/mol. The molecule has 1 aromatic carbocycles. The Hall–Kier alpha value is -1.02. The van der Waals surface area contributed by atoms with Crippen LogP contribution >= 0.6 is 0 Å². The number of nitrogens with two attached hydrogens (primary N) is 1. The Morgan fingerprint density at radius 1 is 1.00 bits per heavy atom. The quantitative estimate of drug-likeness (QED) is 0.720. The lowest BCUT2D eigenvalue weighted by Crippen LogP contribution is -2.14. The van der Waals surface area contributed by atoms with Crippen LogP contribution in [0.1, 0.15) is 35.1 Å². The molecule has 0 unspecified atom stereocenters. The summed E-state index contributed by atoms with van der Waals surface area (Å²) in [5.41, 5.74) is 13.3. The molecule has 0 bridgehead atoms. The predicted molar refractivity (Wildman–Crippen MR) is 63.2 cm³/mol. The van der Waals surface area contributed by atoms with Gasteiger partial charge in [-0.25, -0.2) is 0 Å². The number of rotatable bonds is 2. The molecule has 0 heterocycles. The number of aryl methyl sites for hydroxylation is 2. The van der Waals surface area contributed by atoms with Crippen molar-refractivity contribution in [1.82, 2.24) is 0 Å². The second kappa shape index (κ2) is 3.53. The van der Waals surface area contributed by atoms with Crippen molar-refractivity contribution in [1.29, 1.82) is 0 Å². The van der Waals surface area contributed by atoms with Gasteiger partial charge >= 0.3 is 0 Å². The highest BCUT2D eigenvalue weighted by Crippen LogP contribution is 2.38. The molecule has 0 radical (unpaired) electrons. The van der Waals surface area contributed by atoms with E-state index in [4.69, 9.17) is 5.73 Å². The molecule has 0 aliphatic heterocycles. The normalized spacial score (nSPS) is 17.7. The van der Waals surface area contributed by atoms with Gasteiger partial charge in [0.05, 0.1) is 6.67 Å². The van der Waals surface area contributed by atoms with E-state index in [-0.39, 0.29) is 0 Å². The van der Waals surface area contributed by atoms with Crippen molar-refractivity contribution in [3.8, 4) is 0 Å². The van der Waals surface area contributed by atoms with Crippen molar-refractivity contribution in [2.24, 2.45) is 5.73 Å². The number of fused-ring (bicyclic) bond motifs is 2. The summed E-state index contributed by atoms with van der Waals surface area (Å²) >= 11 is 0. The first-order valence-corrected chi connectivity index (χ1v) is 6.00. The summed E-state index contributed by atoms with van der Waals surface area (Å²) < 4.78 is 0. The third-order valence-electron chi connectivity index (χ3n) is 3.75. The first kappa shape index (κ1) is 9.22. The predicted octanol–water partition coefficient (Wildman–Crippen LogP) is 1.99. The Kier molecular flexibility index (Phi) is 2.17. The van der Waals surface area contributed by atoms with E-state index in [0.29, 0.717) is 6.67 Å². The van der Waals surface area contributed by atoms with Crippen LogP contribution in [0, 0.1) is 0 Å². The van der Waals surface area contributed by atoms with Crippen LogP contribution in [0.2, 0.25) is 0 Å². The second-order valence-electron chi connectivity index (χ2n) is 4.61. The molecule has 2 aliphatic rings. The minimum Gasteiger partial charge on any atom is -0.372 e. The van der Waals surface area contributed by atoms with Gasteiger partial charge in [-0.1, -0.05) is 6.07 Å². The lowest BCUT2D eigenvalue weighted by molar-refractivity contribution is 0.896. The first-order chi connectivity index (χ1) is 7.40. The molecule has 0 saturated heterocycles. The minimum absolute atomic E-state index is 0.558. The van der Waals surface area contributed by atoms with Crippen molar-refractivity contribution in [2.75, 3.05) is 12.0 Å². The van der Waals surface area contributed by atoms with Crippen LogP contribution in [-0.2, 0) is 25.7 Å². The van der Waals surface area contributed by atoms with E-state index in [9.17, 15) is 0 Å². The molecule has 2 heteroatoms. The maximum atomic E-state index is 5.64. The van der Waals surface area contributed by atoms with Gasteiger partial charge in [0.15, 0.2) is 0 Å². The van der Waals surface area contributed by atoms with Crippen molar-refractivity contribution >= 4 is 5.69 Å². The van der Waals surface area contributed by atoms with E-state index >= 15 is 0 Å². The van der Waals surface area contributed by atoms with E-state index in [1.54, 1.807) is 22.3 Å². The third kappa shape index (κ3) is 1.36. The van der Waals surface area contributed by atoms with E-state index in [1.165, 1.54) is 44.2 Å². The highest BCUT2D eigenvalue weighted by molar-refractivity contribution is 5.65. The summed E-state index contributed by atoms with van der Waals surface area (Å²) in [5, 5.41) is 3.39. The van der Waals surface area contributed by atoms with Crippen LogP contribution in [0.3, 0.4) is 0 Å². The van der Waals surface area contributed by atoms with Crippen LogP contribution in [-0.4, -0.2) is 6.67 Å². The van der Waals surface area contributed by atoms with Gasteiger partial charge in [-0.3, -0.25) is 0 Å².